The number of fused-ring (bicyclic) bond motifs is 1. The monoisotopic (exact) mass is 204 g/mol. The summed E-state index contributed by atoms with van der Waals surface area (Å²) in [6, 6.07) is 5.62. The minimum atomic E-state index is -0.500. The second kappa shape index (κ2) is 3.87. The molecule has 78 valence electrons. The Hall–Kier alpha value is -1.61. The smallest absolute Gasteiger partial charge is 0.188 e. The first-order valence-corrected chi connectivity index (χ1v) is 4.69. The summed E-state index contributed by atoms with van der Waals surface area (Å²) < 4.78 is 10.3. The Kier molecular flexibility index (Phi) is 2.56. The quantitative estimate of drug-likeness (QED) is 0.738. The predicted octanol–water partition coefficient (Wildman–Crippen LogP) is 1.98. The zero-order valence-corrected chi connectivity index (χ0v) is 8.69. The number of benzene rings is 1. The summed E-state index contributed by atoms with van der Waals surface area (Å²) in [5.41, 5.74) is 1.87. The largest absolute Gasteiger partial charge is 0.497 e. The molecule has 0 spiro atoms. The number of carbonyl (C=O) groups excluding carboxylic acids is 1. The lowest BCUT2D eigenvalue weighted by atomic mass is 9.93. The maximum absolute atomic E-state index is 11.5. The average molecular weight is 204 g/mol. The molecule has 0 fully saturated rings. The number of carbonyl (C=O) groups is 1. The van der Waals surface area contributed by atoms with Crippen molar-refractivity contribution in [3.8, 4) is 5.75 Å². The van der Waals surface area contributed by atoms with E-state index in [-0.39, 0.29) is 5.78 Å². The summed E-state index contributed by atoms with van der Waals surface area (Å²) in [7, 11) is 3.13. The van der Waals surface area contributed by atoms with Gasteiger partial charge >= 0.3 is 0 Å². The van der Waals surface area contributed by atoms with E-state index in [4.69, 9.17) is 9.47 Å². The van der Waals surface area contributed by atoms with Crippen LogP contribution in [0.15, 0.2) is 24.3 Å². The van der Waals surface area contributed by atoms with Crippen molar-refractivity contribution in [3.05, 3.63) is 35.4 Å². The van der Waals surface area contributed by atoms with Crippen LogP contribution >= 0.6 is 0 Å². The van der Waals surface area contributed by atoms with Gasteiger partial charge < -0.3 is 9.47 Å². The summed E-state index contributed by atoms with van der Waals surface area (Å²) in [5, 5.41) is 0. The molecule has 15 heavy (non-hydrogen) atoms. The van der Waals surface area contributed by atoms with E-state index in [9.17, 15) is 4.79 Å². The standard InChI is InChI=1S/C12H12O3/c1-14-9-5-3-8-4-6-11(13)12(15-2)10(8)7-9/h3-7,12H,1-2H3. The fraction of sp³-hybridized carbons (Fsp3) is 0.250. The Morgan fingerprint density at radius 3 is 2.67 bits per heavy atom. The molecule has 0 amide bonds. The van der Waals surface area contributed by atoms with Crippen LogP contribution in [-0.2, 0) is 9.53 Å². The molecular formula is C12H12O3. The zero-order chi connectivity index (χ0) is 10.8. The van der Waals surface area contributed by atoms with Crippen molar-refractivity contribution in [2.45, 2.75) is 6.10 Å². The first kappa shape index (κ1) is 9.93. The van der Waals surface area contributed by atoms with E-state index in [1.165, 1.54) is 7.11 Å². The molecule has 1 aliphatic rings. The molecule has 1 unspecified atom stereocenters. The van der Waals surface area contributed by atoms with E-state index in [2.05, 4.69) is 0 Å². The summed E-state index contributed by atoms with van der Waals surface area (Å²) in [6.07, 6.45) is 2.84. The molecule has 3 heteroatoms. The molecule has 0 aliphatic heterocycles. The van der Waals surface area contributed by atoms with Crippen molar-refractivity contribution < 1.29 is 14.3 Å². The highest BCUT2D eigenvalue weighted by Crippen LogP contribution is 2.30. The van der Waals surface area contributed by atoms with Crippen molar-refractivity contribution in [1.29, 1.82) is 0 Å². The molecule has 1 aromatic carbocycles. The summed E-state index contributed by atoms with van der Waals surface area (Å²) >= 11 is 0. The van der Waals surface area contributed by atoms with Gasteiger partial charge in [0.1, 0.15) is 11.9 Å². The molecule has 2 rings (SSSR count). The second-order valence-corrected chi connectivity index (χ2v) is 3.35. The van der Waals surface area contributed by atoms with Gasteiger partial charge in [0.15, 0.2) is 5.78 Å². The van der Waals surface area contributed by atoms with E-state index in [0.717, 1.165) is 16.9 Å². The first-order valence-electron chi connectivity index (χ1n) is 4.69. The molecule has 3 nitrogen and oxygen atoms in total. The van der Waals surface area contributed by atoms with Crippen LogP contribution in [-0.4, -0.2) is 20.0 Å². The molecule has 0 heterocycles. The fourth-order valence-corrected chi connectivity index (χ4v) is 1.71. The highest BCUT2D eigenvalue weighted by Gasteiger charge is 2.24. The Balaban J connectivity index is 2.51. The van der Waals surface area contributed by atoms with Crippen LogP contribution in [0.2, 0.25) is 0 Å². The average Bonchev–Trinajstić information content (AvgIpc) is 2.28. The van der Waals surface area contributed by atoms with E-state index < -0.39 is 6.10 Å². The van der Waals surface area contributed by atoms with Crippen molar-refractivity contribution in [1.82, 2.24) is 0 Å². The lowest BCUT2D eigenvalue weighted by Gasteiger charge is -2.19. The van der Waals surface area contributed by atoms with E-state index in [1.807, 2.05) is 18.2 Å². The van der Waals surface area contributed by atoms with E-state index in [0.29, 0.717) is 0 Å². The maximum atomic E-state index is 11.5. The van der Waals surface area contributed by atoms with E-state index >= 15 is 0 Å². The van der Waals surface area contributed by atoms with Crippen LogP contribution in [0, 0.1) is 0 Å². The molecule has 1 aliphatic carbocycles. The number of methoxy groups -OCH3 is 2. The number of hydrogen-bond acceptors (Lipinski definition) is 3. The predicted molar refractivity (Wildman–Crippen MR) is 56.8 cm³/mol. The van der Waals surface area contributed by atoms with Gasteiger partial charge in [0, 0.05) is 7.11 Å². The molecule has 0 N–H and O–H groups in total. The van der Waals surface area contributed by atoms with Gasteiger partial charge in [-0.3, -0.25) is 4.79 Å². The molecular weight excluding hydrogens is 192 g/mol. The Morgan fingerprint density at radius 1 is 1.20 bits per heavy atom. The fourth-order valence-electron chi connectivity index (χ4n) is 1.71. The molecule has 0 saturated carbocycles. The number of ketones is 1. The minimum Gasteiger partial charge on any atom is -0.497 e. The lowest BCUT2D eigenvalue weighted by molar-refractivity contribution is -0.124. The molecule has 0 radical (unpaired) electrons. The van der Waals surface area contributed by atoms with Gasteiger partial charge in [-0.05, 0) is 29.3 Å². The zero-order valence-electron chi connectivity index (χ0n) is 8.69. The number of hydrogen-bond donors (Lipinski definition) is 0. The van der Waals surface area contributed by atoms with Crippen molar-refractivity contribution in [2.75, 3.05) is 14.2 Å². The third-order valence-corrected chi connectivity index (χ3v) is 2.50. The first-order chi connectivity index (χ1) is 7.26. The number of ether oxygens (including phenoxy) is 2. The molecule has 1 aromatic rings. The van der Waals surface area contributed by atoms with Gasteiger partial charge in [-0.15, -0.1) is 0 Å². The Bertz CT molecular complexity index is 421. The number of rotatable bonds is 2. The summed E-state index contributed by atoms with van der Waals surface area (Å²) in [5.74, 6) is 0.706. The third kappa shape index (κ3) is 1.66. The second-order valence-electron chi connectivity index (χ2n) is 3.35. The van der Waals surface area contributed by atoms with Gasteiger partial charge in [-0.25, -0.2) is 0 Å². The van der Waals surface area contributed by atoms with Crippen LogP contribution < -0.4 is 4.74 Å². The van der Waals surface area contributed by atoms with E-state index in [1.54, 1.807) is 19.3 Å². The Labute approximate surface area is 88.3 Å². The molecule has 0 saturated heterocycles. The van der Waals surface area contributed by atoms with Gasteiger partial charge in [0.25, 0.3) is 0 Å². The van der Waals surface area contributed by atoms with Crippen molar-refractivity contribution in [2.24, 2.45) is 0 Å². The Morgan fingerprint density at radius 2 is 2.00 bits per heavy atom. The van der Waals surface area contributed by atoms with Gasteiger partial charge in [-0.1, -0.05) is 12.1 Å². The summed E-state index contributed by atoms with van der Waals surface area (Å²) in [6.45, 7) is 0. The van der Waals surface area contributed by atoms with Crippen LogP contribution in [0.25, 0.3) is 6.08 Å². The molecule has 0 bridgehead atoms. The highest BCUT2D eigenvalue weighted by atomic mass is 16.5. The van der Waals surface area contributed by atoms with Gasteiger partial charge in [0.2, 0.25) is 0 Å². The van der Waals surface area contributed by atoms with Crippen molar-refractivity contribution >= 4 is 11.9 Å². The van der Waals surface area contributed by atoms with Crippen molar-refractivity contribution in [3.63, 3.8) is 0 Å². The maximum Gasteiger partial charge on any atom is 0.188 e. The topological polar surface area (TPSA) is 35.5 Å². The van der Waals surface area contributed by atoms with Crippen LogP contribution in [0.4, 0.5) is 0 Å². The van der Waals surface area contributed by atoms with Crippen LogP contribution in [0.3, 0.4) is 0 Å². The minimum absolute atomic E-state index is 0.0294. The van der Waals surface area contributed by atoms with Crippen LogP contribution in [0.5, 0.6) is 5.75 Å². The molecule has 1 atom stereocenters. The SMILES string of the molecule is COc1ccc2c(c1)C(OC)C(=O)C=C2. The van der Waals surface area contributed by atoms with Gasteiger partial charge in [0.05, 0.1) is 7.11 Å². The van der Waals surface area contributed by atoms with Crippen LogP contribution in [0.1, 0.15) is 17.2 Å². The molecule has 0 aromatic heterocycles. The lowest BCUT2D eigenvalue weighted by Crippen LogP contribution is -2.16. The van der Waals surface area contributed by atoms with Gasteiger partial charge in [-0.2, -0.15) is 0 Å². The highest BCUT2D eigenvalue weighted by molar-refractivity contribution is 6.01. The third-order valence-electron chi connectivity index (χ3n) is 2.50. The normalized spacial score (nSPS) is 18.8. The summed E-state index contributed by atoms with van der Waals surface area (Å²) in [4.78, 5) is 11.5.